The molecule has 14 heavy (non-hydrogen) atoms. The third-order valence-corrected chi connectivity index (χ3v) is 2.72. The van der Waals surface area contributed by atoms with Crippen LogP contribution >= 0.6 is 15.9 Å². The number of likely N-dealkylation sites (N-methyl/N-ethyl adjacent to an activating group) is 2. The molecule has 2 rings (SSSR count). The summed E-state index contributed by atoms with van der Waals surface area (Å²) >= 11 is 3.36. The number of amides is 1. The smallest absolute Gasteiger partial charge is 0.247 e. The Balaban J connectivity index is 2.55. The first-order valence-electron chi connectivity index (χ1n) is 4.23. The Hall–Kier alpha value is -1.10. The number of hydrogen-bond donors (Lipinski definition) is 0. The Morgan fingerprint density at radius 3 is 2.93 bits per heavy atom. The molecule has 0 spiro atoms. The zero-order valence-electron chi connectivity index (χ0n) is 7.99. The van der Waals surface area contributed by atoms with Crippen molar-refractivity contribution < 1.29 is 4.79 Å². The van der Waals surface area contributed by atoms with Gasteiger partial charge in [-0.25, -0.2) is 4.98 Å². The van der Waals surface area contributed by atoms with Crippen LogP contribution in [0.1, 0.15) is 0 Å². The SMILES string of the molecule is CN1CC(=O)N(C)c2ncc(Br)cc21. The molecule has 0 fully saturated rings. The number of fused-ring (bicyclic) bond motifs is 1. The maximum Gasteiger partial charge on any atom is 0.247 e. The first kappa shape index (κ1) is 9.45. The van der Waals surface area contributed by atoms with E-state index in [2.05, 4.69) is 20.9 Å². The molecule has 0 radical (unpaired) electrons. The largest absolute Gasteiger partial charge is 0.362 e. The summed E-state index contributed by atoms with van der Waals surface area (Å²) in [6.07, 6.45) is 1.70. The average Bonchev–Trinajstić information content (AvgIpc) is 2.14. The number of hydrogen-bond acceptors (Lipinski definition) is 3. The van der Waals surface area contributed by atoms with E-state index in [4.69, 9.17) is 0 Å². The molecule has 0 aliphatic carbocycles. The predicted octanol–water partition coefficient (Wildman–Crippen LogP) is 1.26. The van der Waals surface area contributed by atoms with Crippen LogP contribution in [0, 0.1) is 0 Å². The van der Waals surface area contributed by atoms with E-state index in [-0.39, 0.29) is 5.91 Å². The lowest BCUT2D eigenvalue weighted by atomic mass is 10.2. The van der Waals surface area contributed by atoms with Gasteiger partial charge in [-0.15, -0.1) is 0 Å². The van der Waals surface area contributed by atoms with Crippen LogP contribution < -0.4 is 9.80 Å². The number of halogens is 1. The highest BCUT2D eigenvalue weighted by molar-refractivity contribution is 9.10. The third-order valence-electron chi connectivity index (χ3n) is 2.29. The molecular formula is C9H10BrN3O. The van der Waals surface area contributed by atoms with Crippen molar-refractivity contribution in [2.24, 2.45) is 0 Å². The lowest BCUT2D eigenvalue weighted by Crippen LogP contribution is -2.42. The van der Waals surface area contributed by atoms with E-state index in [0.717, 1.165) is 10.2 Å². The lowest BCUT2D eigenvalue weighted by Gasteiger charge is -2.31. The second-order valence-electron chi connectivity index (χ2n) is 3.31. The number of carbonyl (C=O) groups is 1. The molecule has 1 aromatic rings. The number of aromatic nitrogens is 1. The fraction of sp³-hybridized carbons (Fsp3) is 0.333. The van der Waals surface area contributed by atoms with Crippen molar-refractivity contribution in [2.45, 2.75) is 0 Å². The second kappa shape index (κ2) is 3.24. The van der Waals surface area contributed by atoms with Gasteiger partial charge in [-0.1, -0.05) is 0 Å². The fourth-order valence-corrected chi connectivity index (χ4v) is 1.79. The van der Waals surface area contributed by atoms with Crippen LogP contribution in [0.15, 0.2) is 16.7 Å². The maximum absolute atomic E-state index is 11.5. The first-order valence-corrected chi connectivity index (χ1v) is 5.02. The number of anilines is 2. The summed E-state index contributed by atoms with van der Waals surface area (Å²) in [7, 11) is 3.63. The van der Waals surface area contributed by atoms with E-state index < -0.39 is 0 Å². The van der Waals surface area contributed by atoms with Crippen molar-refractivity contribution in [1.29, 1.82) is 0 Å². The van der Waals surface area contributed by atoms with E-state index in [9.17, 15) is 4.79 Å². The molecule has 0 saturated carbocycles. The number of nitrogens with zero attached hydrogens (tertiary/aromatic N) is 3. The van der Waals surface area contributed by atoms with Gasteiger partial charge in [-0.3, -0.25) is 9.69 Å². The van der Waals surface area contributed by atoms with Gasteiger partial charge in [0, 0.05) is 24.8 Å². The summed E-state index contributed by atoms with van der Waals surface area (Å²) in [4.78, 5) is 19.2. The topological polar surface area (TPSA) is 36.4 Å². The van der Waals surface area contributed by atoms with Gasteiger partial charge in [0.05, 0.1) is 12.2 Å². The van der Waals surface area contributed by atoms with Crippen LogP contribution in [0.4, 0.5) is 11.5 Å². The predicted molar refractivity (Wildman–Crippen MR) is 58.6 cm³/mol. The van der Waals surface area contributed by atoms with Crippen LogP contribution in [0.5, 0.6) is 0 Å². The molecule has 1 amide bonds. The van der Waals surface area contributed by atoms with Gasteiger partial charge in [0.15, 0.2) is 5.82 Å². The molecule has 0 saturated heterocycles. The van der Waals surface area contributed by atoms with Gasteiger partial charge in [-0.05, 0) is 22.0 Å². The molecule has 4 nitrogen and oxygen atoms in total. The Bertz CT molecular complexity index is 394. The van der Waals surface area contributed by atoms with E-state index in [1.54, 1.807) is 18.1 Å². The summed E-state index contributed by atoms with van der Waals surface area (Å²) in [6.45, 7) is 0.404. The van der Waals surface area contributed by atoms with Crippen LogP contribution in [0.25, 0.3) is 0 Å². The number of rotatable bonds is 0. The van der Waals surface area contributed by atoms with E-state index in [1.807, 2.05) is 18.0 Å². The van der Waals surface area contributed by atoms with E-state index >= 15 is 0 Å². The molecular weight excluding hydrogens is 246 g/mol. The second-order valence-corrected chi connectivity index (χ2v) is 4.22. The summed E-state index contributed by atoms with van der Waals surface area (Å²) in [6, 6.07) is 1.96. The molecule has 0 aromatic carbocycles. The summed E-state index contributed by atoms with van der Waals surface area (Å²) in [5.41, 5.74) is 0.974. The van der Waals surface area contributed by atoms with E-state index in [1.165, 1.54) is 0 Å². The number of carbonyl (C=O) groups excluding carboxylic acids is 1. The molecule has 74 valence electrons. The summed E-state index contributed by atoms with van der Waals surface area (Å²) in [5, 5.41) is 0. The molecule has 0 bridgehead atoms. The minimum absolute atomic E-state index is 0.0647. The van der Waals surface area contributed by atoms with Crippen molar-refractivity contribution >= 4 is 33.3 Å². The molecule has 2 heterocycles. The lowest BCUT2D eigenvalue weighted by molar-refractivity contribution is -0.117. The zero-order valence-corrected chi connectivity index (χ0v) is 9.58. The molecule has 1 aliphatic rings. The average molecular weight is 256 g/mol. The normalized spacial score (nSPS) is 15.8. The Labute approximate surface area is 90.7 Å². The van der Waals surface area contributed by atoms with Gasteiger partial charge in [0.25, 0.3) is 0 Å². The Morgan fingerprint density at radius 1 is 1.50 bits per heavy atom. The van der Waals surface area contributed by atoms with Gasteiger partial charge in [0.2, 0.25) is 5.91 Å². The highest BCUT2D eigenvalue weighted by Gasteiger charge is 2.25. The van der Waals surface area contributed by atoms with Crippen molar-refractivity contribution in [2.75, 3.05) is 30.4 Å². The summed E-state index contributed by atoms with van der Waals surface area (Å²) < 4.78 is 0.922. The first-order chi connectivity index (χ1) is 6.59. The Kier molecular flexibility index (Phi) is 2.19. The highest BCUT2D eigenvalue weighted by atomic mass is 79.9. The van der Waals surface area contributed by atoms with Gasteiger partial charge in [-0.2, -0.15) is 0 Å². The third kappa shape index (κ3) is 1.37. The van der Waals surface area contributed by atoms with Crippen LogP contribution in [0.3, 0.4) is 0 Å². The van der Waals surface area contributed by atoms with Crippen LogP contribution in [-0.2, 0) is 4.79 Å². The van der Waals surface area contributed by atoms with Crippen molar-refractivity contribution in [3.8, 4) is 0 Å². The van der Waals surface area contributed by atoms with Crippen LogP contribution in [-0.4, -0.2) is 31.5 Å². The quantitative estimate of drug-likeness (QED) is 0.701. The van der Waals surface area contributed by atoms with E-state index in [0.29, 0.717) is 12.4 Å². The molecule has 5 heteroatoms. The molecule has 1 aliphatic heterocycles. The van der Waals surface area contributed by atoms with Crippen LogP contribution in [0.2, 0.25) is 0 Å². The van der Waals surface area contributed by atoms with Crippen molar-refractivity contribution in [1.82, 2.24) is 4.98 Å². The molecule has 1 aromatic heterocycles. The van der Waals surface area contributed by atoms with Crippen molar-refractivity contribution in [3.05, 3.63) is 16.7 Å². The van der Waals surface area contributed by atoms with Gasteiger partial charge < -0.3 is 4.90 Å². The molecule has 0 atom stereocenters. The van der Waals surface area contributed by atoms with Gasteiger partial charge >= 0.3 is 0 Å². The maximum atomic E-state index is 11.5. The minimum Gasteiger partial charge on any atom is -0.362 e. The fourth-order valence-electron chi connectivity index (χ4n) is 1.47. The standard InChI is InChI=1S/C9H10BrN3O/c1-12-5-8(14)13(2)9-7(12)3-6(10)4-11-9/h3-4H,5H2,1-2H3. The number of pyridine rings is 1. The highest BCUT2D eigenvalue weighted by Crippen LogP contribution is 2.31. The molecule has 0 N–H and O–H groups in total. The zero-order chi connectivity index (χ0) is 10.3. The summed E-state index contributed by atoms with van der Waals surface area (Å²) in [5.74, 6) is 0.779. The molecule has 0 unspecified atom stereocenters. The minimum atomic E-state index is 0.0647. The van der Waals surface area contributed by atoms with Crippen molar-refractivity contribution in [3.63, 3.8) is 0 Å². The Morgan fingerprint density at radius 2 is 2.21 bits per heavy atom. The monoisotopic (exact) mass is 255 g/mol. The van der Waals surface area contributed by atoms with Gasteiger partial charge in [0.1, 0.15) is 0 Å².